The van der Waals surface area contributed by atoms with Gasteiger partial charge in [-0.2, -0.15) is 0 Å². The molecule has 0 bridgehead atoms. The first-order chi connectivity index (χ1) is 13.5. The molecule has 1 saturated carbocycles. The maximum Gasteiger partial charge on any atom is 0.306 e. The van der Waals surface area contributed by atoms with Crippen molar-refractivity contribution in [1.82, 2.24) is 5.32 Å². The van der Waals surface area contributed by atoms with Gasteiger partial charge in [-0.25, -0.2) is 4.39 Å². The lowest BCUT2D eigenvalue weighted by Crippen LogP contribution is -2.34. The number of nitrogens with one attached hydrogen (secondary N) is 1. The van der Waals surface area contributed by atoms with E-state index in [9.17, 15) is 14.0 Å². The molecule has 3 atom stereocenters. The van der Waals surface area contributed by atoms with Crippen LogP contribution in [0, 0.1) is 17.7 Å². The van der Waals surface area contributed by atoms with E-state index in [0.717, 1.165) is 16.9 Å². The van der Waals surface area contributed by atoms with Crippen LogP contribution in [-0.2, 0) is 16.0 Å². The summed E-state index contributed by atoms with van der Waals surface area (Å²) in [5, 5.41) is 12.2. The molecule has 1 fully saturated rings. The summed E-state index contributed by atoms with van der Waals surface area (Å²) >= 11 is 0. The average Bonchev–Trinajstić information content (AvgIpc) is 3.20. The van der Waals surface area contributed by atoms with E-state index in [0.29, 0.717) is 25.7 Å². The van der Waals surface area contributed by atoms with Crippen molar-refractivity contribution >= 4 is 11.9 Å². The Bertz CT molecular complexity index is 819. The molecule has 148 valence electrons. The number of carbonyl (C=O) groups excluding carboxylic acids is 1. The van der Waals surface area contributed by atoms with E-state index in [2.05, 4.69) is 5.32 Å². The highest BCUT2D eigenvalue weighted by molar-refractivity contribution is 5.81. The third-order valence-electron chi connectivity index (χ3n) is 5.34. The zero-order chi connectivity index (χ0) is 20.1. The number of rotatable bonds is 7. The maximum atomic E-state index is 13.2. The van der Waals surface area contributed by atoms with Gasteiger partial charge in [0.2, 0.25) is 5.91 Å². The van der Waals surface area contributed by atoms with Crippen LogP contribution in [0.25, 0.3) is 0 Å². The van der Waals surface area contributed by atoms with E-state index >= 15 is 0 Å². The van der Waals surface area contributed by atoms with Crippen LogP contribution in [0.3, 0.4) is 0 Å². The summed E-state index contributed by atoms with van der Waals surface area (Å²) in [5.74, 6) is -1.31. The number of halogens is 1. The predicted molar refractivity (Wildman–Crippen MR) is 102 cm³/mol. The van der Waals surface area contributed by atoms with Gasteiger partial charge in [0.1, 0.15) is 11.6 Å². The Kier molecular flexibility index (Phi) is 6.29. The smallest absolute Gasteiger partial charge is 0.306 e. The summed E-state index contributed by atoms with van der Waals surface area (Å²) in [7, 11) is 1.59. The monoisotopic (exact) mass is 385 g/mol. The van der Waals surface area contributed by atoms with Crippen LogP contribution in [0.5, 0.6) is 5.75 Å². The first-order valence-corrected chi connectivity index (χ1v) is 9.38. The minimum atomic E-state index is -0.840. The molecule has 0 aromatic heterocycles. The van der Waals surface area contributed by atoms with Crippen molar-refractivity contribution < 1.29 is 23.8 Å². The highest BCUT2D eigenvalue weighted by Crippen LogP contribution is 2.32. The second-order valence-electron chi connectivity index (χ2n) is 7.21. The van der Waals surface area contributed by atoms with E-state index in [1.807, 2.05) is 24.3 Å². The molecule has 28 heavy (non-hydrogen) atoms. The number of ether oxygens (including phenoxy) is 1. The van der Waals surface area contributed by atoms with Gasteiger partial charge in [0, 0.05) is 5.92 Å². The summed E-state index contributed by atoms with van der Waals surface area (Å²) in [6, 6.07) is 13.3. The third-order valence-corrected chi connectivity index (χ3v) is 5.34. The summed E-state index contributed by atoms with van der Waals surface area (Å²) in [6.45, 7) is 0. The predicted octanol–water partition coefficient (Wildman–Crippen LogP) is 3.74. The molecule has 3 rings (SSSR count). The molecule has 0 heterocycles. The number of benzene rings is 2. The second kappa shape index (κ2) is 8.87. The van der Waals surface area contributed by atoms with Gasteiger partial charge in [0.15, 0.2) is 0 Å². The highest BCUT2D eigenvalue weighted by Gasteiger charge is 2.34. The number of amides is 1. The Hall–Kier alpha value is -2.89. The Morgan fingerprint density at radius 2 is 1.75 bits per heavy atom. The number of hydrogen-bond donors (Lipinski definition) is 2. The minimum absolute atomic E-state index is 0.133. The normalized spacial score (nSPS) is 19.8. The lowest BCUT2D eigenvalue weighted by molar-refractivity contribution is -0.141. The fraction of sp³-hybridized carbons (Fsp3) is 0.364. The fourth-order valence-corrected chi connectivity index (χ4v) is 3.68. The zero-order valence-electron chi connectivity index (χ0n) is 15.7. The second-order valence-corrected chi connectivity index (χ2v) is 7.21. The Balaban J connectivity index is 1.76. The molecule has 0 saturated heterocycles. The summed E-state index contributed by atoms with van der Waals surface area (Å²) in [5.41, 5.74) is 1.81. The van der Waals surface area contributed by atoms with Gasteiger partial charge in [-0.1, -0.05) is 24.3 Å². The molecule has 1 aliphatic carbocycles. The van der Waals surface area contributed by atoms with Crippen LogP contribution >= 0.6 is 0 Å². The van der Waals surface area contributed by atoms with Gasteiger partial charge in [0.25, 0.3) is 0 Å². The molecule has 1 unspecified atom stereocenters. The Morgan fingerprint density at radius 1 is 1.11 bits per heavy atom. The molecule has 2 aromatic carbocycles. The van der Waals surface area contributed by atoms with Crippen molar-refractivity contribution in [2.24, 2.45) is 11.8 Å². The van der Waals surface area contributed by atoms with Crippen LogP contribution in [0.2, 0.25) is 0 Å². The quantitative estimate of drug-likeness (QED) is 0.761. The van der Waals surface area contributed by atoms with Crippen LogP contribution < -0.4 is 10.1 Å². The van der Waals surface area contributed by atoms with Gasteiger partial charge >= 0.3 is 5.97 Å². The molecule has 0 spiro atoms. The van der Waals surface area contributed by atoms with Gasteiger partial charge in [-0.15, -0.1) is 0 Å². The molecule has 0 radical (unpaired) electrons. The fourth-order valence-electron chi connectivity index (χ4n) is 3.68. The SMILES string of the molecule is COc1ccc(C(Cc2ccc(F)cc2)NC(=O)[C@@H]2CC[C@H](C(=O)O)C2)cc1. The number of carboxylic acid groups (broad SMARTS) is 1. The molecule has 6 heteroatoms. The van der Waals surface area contributed by atoms with Crippen LogP contribution in [0.4, 0.5) is 4.39 Å². The number of hydrogen-bond acceptors (Lipinski definition) is 3. The summed E-state index contributed by atoms with van der Waals surface area (Å²) in [4.78, 5) is 23.9. The van der Waals surface area contributed by atoms with Gasteiger partial charge in [-0.05, 0) is 61.1 Å². The van der Waals surface area contributed by atoms with Gasteiger partial charge in [-0.3, -0.25) is 9.59 Å². The molecule has 0 aliphatic heterocycles. The molecule has 2 N–H and O–H groups in total. The summed E-state index contributed by atoms with van der Waals surface area (Å²) in [6.07, 6.45) is 1.98. The molecular formula is C22H24FNO4. The molecule has 1 amide bonds. The van der Waals surface area contributed by atoms with E-state index in [4.69, 9.17) is 9.84 Å². The first kappa shape index (κ1) is 19.9. The van der Waals surface area contributed by atoms with Crippen LogP contribution in [0.1, 0.15) is 36.4 Å². The lowest BCUT2D eigenvalue weighted by Gasteiger charge is -2.22. The largest absolute Gasteiger partial charge is 0.497 e. The van der Waals surface area contributed by atoms with Gasteiger partial charge < -0.3 is 15.2 Å². The first-order valence-electron chi connectivity index (χ1n) is 9.38. The number of carboxylic acids is 1. The number of aliphatic carboxylic acids is 1. The van der Waals surface area contributed by atoms with E-state index in [1.165, 1.54) is 12.1 Å². The zero-order valence-corrected chi connectivity index (χ0v) is 15.7. The Labute approximate surface area is 163 Å². The number of carbonyl (C=O) groups is 2. The van der Waals surface area contributed by atoms with Crippen LogP contribution in [-0.4, -0.2) is 24.1 Å². The van der Waals surface area contributed by atoms with Crippen LogP contribution in [0.15, 0.2) is 48.5 Å². The Morgan fingerprint density at radius 3 is 2.32 bits per heavy atom. The van der Waals surface area contributed by atoms with E-state index in [-0.39, 0.29) is 23.7 Å². The third kappa shape index (κ3) is 4.88. The van der Waals surface area contributed by atoms with E-state index in [1.54, 1.807) is 19.2 Å². The van der Waals surface area contributed by atoms with Crippen molar-refractivity contribution in [2.75, 3.05) is 7.11 Å². The minimum Gasteiger partial charge on any atom is -0.497 e. The van der Waals surface area contributed by atoms with Gasteiger partial charge in [0.05, 0.1) is 19.1 Å². The molecule has 1 aliphatic rings. The number of methoxy groups -OCH3 is 1. The van der Waals surface area contributed by atoms with E-state index < -0.39 is 11.9 Å². The van der Waals surface area contributed by atoms with Crippen molar-refractivity contribution in [2.45, 2.75) is 31.7 Å². The van der Waals surface area contributed by atoms with Crippen molar-refractivity contribution in [3.8, 4) is 5.75 Å². The molecule has 2 aromatic rings. The average molecular weight is 385 g/mol. The molecule has 5 nitrogen and oxygen atoms in total. The lowest BCUT2D eigenvalue weighted by atomic mass is 9.97. The van der Waals surface area contributed by atoms with Crippen molar-refractivity contribution in [3.63, 3.8) is 0 Å². The maximum absolute atomic E-state index is 13.2. The van der Waals surface area contributed by atoms with Crippen molar-refractivity contribution in [1.29, 1.82) is 0 Å². The van der Waals surface area contributed by atoms with Crippen molar-refractivity contribution in [3.05, 3.63) is 65.5 Å². The molecular weight excluding hydrogens is 361 g/mol. The summed E-state index contributed by atoms with van der Waals surface area (Å²) < 4.78 is 18.4. The topological polar surface area (TPSA) is 75.6 Å². The standard InChI is InChI=1S/C22H24FNO4/c1-28-19-10-6-15(7-11-19)20(12-14-2-8-18(23)9-3-14)24-21(25)16-4-5-17(13-16)22(26)27/h2-3,6-11,16-17,20H,4-5,12-13H2,1H3,(H,24,25)(H,26,27)/t16-,17+,20?/m1/s1. The highest BCUT2D eigenvalue weighted by atomic mass is 19.1.